The second kappa shape index (κ2) is 3.38. The molecule has 1 heterocycles. The number of aliphatic hydroxyl groups is 2. The molecule has 0 aromatic carbocycles. The number of epoxide rings is 1. The van der Waals surface area contributed by atoms with E-state index in [1.54, 1.807) is 0 Å². The Labute approximate surface area is 109 Å². The van der Waals surface area contributed by atoms with E-state index < -0.39 is 11.7 Å². The molecule has 18 heavy (non-hydrogen) atoms. The van der Waals surface area contributed by atoms with Crippen LogP contribution >= 0.6 is 0 Å². The molecule has 3 rings (SSSR count). The summed E-state index contributed by atoms with van der Waals surface area (Å²) < 4.78 is 6.12. The Hall–Kier alpha value is -0.380. The van der Waals surface area contributed by atoms with E-state index in [4.69, 9.17) is 4.74 Å². The molecular formula is C15H24O3. The topological polar surface area (TPSA) is 53.0 Å². The molecule has 3 aliphatic rings. The standard InChI is InChI=1S/C15H24O3/c1-9-5-6-11(16)14(4)8-7-10(13(2,3)17)12-15(9,14)18-12/h5-6,9-12,16-17H,7-8H2,1-4H3/t9-,10-,11+,12+,14+,15+/m1/s1. The molecule has 2 aliphatic carbocycles. The van der Waals surface area contributed by atoms with Crippen LogP contribution in [0.2, 0.25) is 0 Å². The minimum atomic E-state index is -0.707. The van der Waals surface area contributed by atoms with Gasteiger partial charge in [0.05, 0.1) is 17.8 Å². The molecule has 0 aromatic rings. The summed E-state index contributed by atoms with van der Waals surface area (Å²) in [5.41, 5.74) is -1.17. The summed E-state index contributed by atoms with van der Waals surface area (Å²) in [7, 11) is 0. The van der Waals surface area contributed by atoms with Gasteiger partial charge in [-0.3, -0.25) is 0 Å². The van der Waals surface area contributed by atoms with E-state index >= 15 is 0 Å². The van der Waals surface area contributed by atoms with Crippen LogP contribution in [-0.4, -0.2) is 33.6 Å². The van der Waals surface area contributed by atoms with Crippen LogP contribution in [-0.2, 0) is 4.74 Å². The quantitative estimate of drug-likeness (QED) is 0.553. The van der Waals surface area contributed by atoms with Gasteiger partial charge in [-0.25, -0.2) is 0 Å². The third-order valence-electron chi connectivity index (χ3n) is 5.74. The van der Waals surface area contributed by atoms with E-state index in [1.807, 2.05) is 19.9 Å². The zero-order valence-electron chi connectivity index (χ0n) is 11.7. The minimum absolute atomic E-state index is 0.0887. The van der Waals surface area contributed by atoms with Crippen molar-refractivity contribution in [1.82, 2.24) is 0 Å². The average Bonchev–Trinajstić information content (AvgIpc) is 2.99. The first kappa shape index (κ1) is 12.6. The number of aliphatic hydroxyl groups excluding tert-OH is 1. The first-order valence-corrected chi connectivity index (χ1v) is 7.00. The summed E-state index contributed by atoms with van der Waals surface area (Å²) in [6.07, 6.45) is 5.48. The minimum Gasteiger partial charge on any atom is -0.390 e. The summed E-state index contributed by atoms with van der Waals surface area (Å²) in [4.78, 5) is 0. The summed E-state index contributed by atoms with van der Waals surface area (Å²) in [5, 5.41) is 20.6. The molecule has 1 aliphatic heterocycles. The maximum absolute atomic E-state index is 10.3. The molecule has 1 saturated heterocycles. The maximum atomic E-state index is 10.3. The Morgan fingerprint density at radius 3 is 2.61 bits per heavy atom. The second-order valence-corrected chi connectivity index (χ2v) is 7.17. The predicted octanol–water partition coefficient (Wildman–Crippen LogP) is 1.88. The van der Waals surface area contributed by atoms with Crippen molar-refractivity contribution in [2.24, 2.45) is 17.3 Å². The van der Waals surface area contributed by atoms with Gasteiger partial charge in [-0.15, -0.1) is 0 Å². The summed E-state index contributed by atoms with van der Waals surface area (Å²) >= 11 is 0. The third-order valence-corrected chi connectivity index (χ3v) is 5.74. The highest BCUT2D eigenvalue weighted by atomic mass is 16.6. The molecule has 102 valence electrons. The maximum Gasteiger partial charge on any atom is 0.109 e. The Bertz CT molecular complexity index is 397. The lowest BCUT2D eigenvalue weighted by Crippen LogP contribution is -2.57. The van der Waals surface area contributed by atoms with Gasteiger partial charge in [-0.05, 0) is 26.7 Å². The third kappa shape index (κ3) is 1.30. The van der Waals surface area contributed by atoms with Crippen LogP contribution in [0.25, 0.3) is 0 Å². The fourth-order valence-corrected chi connectivity index (χ4v) is 4.44. The van der Waals surface area contributed by atoms with Crippen molar-refractivity contribution in [1.29, 1.82) is 0 Å². The molecule has 3 nitrogen and oxygen atoms in total. The second-order valence-electron chi connectivity index (χ2n) is 7.17. The molecule has 0 aromatic heterocycles. The van der Waals surface area contributed by atoms with Crippen LogP contribution < -0.4 is 0 Å². The normalized spacial score (nSPS) is 54.8. The van der Waals surface area contributed by atoms with E-state index in [9.17, 15) is 10.2 Å². The van der Waals surface area contributed by atoms with Gasteiger partial charge in [0, 0.05) is 17.3 Å². The van der Waals surface area contributed by atoms with E-state index in [0.717, 1.165) is 12.8 Å². The van der Waals surface area contributed by atoms with E-state index in [0.29, 0.717) is 5.92 Å². The molecule has 3 heteroatoms. The van der Waals surface area contributed by atoms with Gasteiger partial charge < -0.3 is 14.9 Å². The van der Waals surface area contributed by atoms with E-state index in [1.165, 1.54) is 0 Å². The van der Waals surface area contributed by atoms with Gasteiger partial charge in [0.1, 0.15) is 5.60 Å². The summed E-state index contributed by atoms with van der Waals surface area (Å²) in [5.74, 6) is 0.479. The Balaban J connectivity index is 1.99. The molecule has 0 amide bonds. The van der Waals surface area contributed by atoms with Crippen LogP contribution in [0.15, 0.2) is 12.2 Å². The highest BCUT2D eigenvalue weighted by molar-refractivity contribution is 5.30. The average molecular weight is 252 g/mol. The van der Waals surface area contributed by atoms with Crippen LogP contribution in [0.5, 0.6) is 0 Å². The molecular weight excluding hydrogens is 228 g/mol. The summed E-state index contributed by atoms with van der Waals surface area (Å²) in [6, 6.07) is 0. The smallest absolute Gasteiger partial charge is 0.109 e. The van der Waals surface area contributed by atoms with Crippen molar-refractivity contribution >= 4 is 0 Å². The van der Waals surface area contributed by atoms with E-state index in [2.05, 4.69) is 19.9 Å². The van der Waals surface area contributed by atoms with Crippen LogP contribution in [0, 0.1) is 17.3 Å². The molecule has 1 spiro atoms. The lowest BCUT2D eigenvalue weighted by atomic mass is 9.54. The van der Waals surface area contributed by atoms with Crippen LogP contribution in [0.3, 0.4) is 0 Å². The fraction of sp³-hybridized carbons (Fsp3) is 0.867. The highest BCUT2D eigenvalue weighted by Crippen LogP contribution is 2.67. The van der Waals surface area contributed by atoms with Crippen LogP contribution in [0.1, 0.15) is 40.5 Å². The first-order chi connectivity index (χ1) is 8.23. The van der Waals surface area contributed by atoms with Gasteiger partial charge in [0.25, 0.3) is 0 Å². The largest absolute Gasteiger partial charge is 0.390 e. The predicted molar refractivity (Wildman–Crippen MR) is 69.0 cm³/mol. The molecule has 0 radical (unpaired) electrons. The highest BCUT2D eigenvalue weighted by Gasteiger charge is 2.76. The van der Waals surface area contributed by atoms with Gasteiger partial charge in [0.2, 0.25) is 0 Å². The van der Waals surface area contributed by atoms with Crippen molar-refractivity contribution in [3.05, 3.63) is 12.2 Å². The number of ether oxygens (including phenoxy) is 1. The Morgan fingerprint density at radius 2 is 2.00 bits per heavy atom. The lowest BCUT2D eigenvalue weighted by Gasteiger charge is -2.49. The lowest BCUT2D eigenvalue weighted by molar-refractivity contribution is -0.0593. The van der Waals surface area contributed by atoms with Crippen molar-refractivity contribution in [2.75, 3.05) is 0 Å². The molecule has 0 bridgehead atoms. The SMILES string of the molecule is C[C@@H]1C=C[C@H](O)[C@]2(C)CC[C@@H](C(C)(C)O)[C@@H]3O[C@@]132. The fourth-order valence-electron chi connectivity index (χ4n) is 4.44. The first-order valence-electron chi connectivity index (χ1n) is 7.00. The molecule has 1 saturated carbocycles. The zero-order valence-corrected chi connectivity index (χ0v) is 11.7. The molecule has 6 atom stereocenters. The number of hydrogen-bond acceptors (Lipinski definition) is 3. The van der Waals surface area contributed by atoms with Crippen LogP contribution in [0.4, 0.5) is 0 Å². The van der Waals surface area contributed by atoms with Crippen molar-refractivity contribution in [3.63, 3.8) is 0 Å². The van der Waals surface area contributed by atoms with Crippen molar-refractivity contribution in [2.45, 2.75) is 63.9 Å². The Morgan fingerprint density at radius 1 is 1.33 bits per heavy atom. The van der Waals surface area contributed by atoms with Gasteiger partial charge >= 0.3 is 0 Å². The van der Waals surface area contributed by atoms with Gasteiger partial charge in [-0.1, -0.05) is 26.0 Å². The summed E-state index contributed by atoms with van der Waals surface area (Å²) in [6.45, 7) is 8.04. The zero-order chi connectivity index (χ0) is 13.3. The van der Waals surface area contributed by atoms with Crippen molar-refractivity contribution in [3.8, 4) is 0 Å². The molecule has 0 unspecified atom stereocenters. The van der Waals surface area contributed by atoms with Gasteiger partial charge in [0.15, 0.2) is 0 Å². The molecule has 2 N–H and O–H groups in total. The Kier molecular flexibility index (Phi) is 2.38. The number of rotatable bonds is 1. The monoisotopic (exact) mass is 252 g/mol. The van der Waals surface area contributed by atoms with Crippen molar-refractivity contribution < 1.29 is 14.9 Å². The number of hydrogen-bond donors (Lipinski definition) is 2. The van der Waals surface area contributed by atoms with Gasteiger partial charge in [-0.2, -0.15) is 0 Å². The van der Waals surface area contributed by atoms with E-state index in [-0.39, 0.29) is 23.0 Å². The molecule has 2 fully saturated rings.